The van der Waals surface area contributed by atoms with E-state index < -0.39 is 0 Å². The lowest BCUT2D eigenvalue weighted by Gasteiger charge is -2.11. The lowest BCUT2D eigenvalue weighted by Crippen LogP contribution is -2.22. The average molecular weight is 223 g/mol. The van der Waals surface area contributed by atoms with Gasteiger partial charge < -0.3 is 15.3 Å². The second kappa shape index (κ2) is 6.07. The summed E-state index contributed by atoms with van der Waals surface area (Å²) in [6.45, 7) is 0.831. The van der Waals surface area contributed by atoms with Gasteiger partial charge >= 0.3 is 0 Å². The Morgan fingerprint density at radius 2 is 2.31 bits per heavy atom. The van der Waals surface area contributed by atoms with Crippen molar-refractivity contribution in [3.63, 3.8) is 0 Å². The first kappa shape index (κ1) is 12.4. The second-order valence-corrected chi connectivity index (χ2v) is 3.63. The van der Waals surface area contributed by atoms with Crippen molar-refractivity contribution >= 4 is 11.6 Å². The van der Waals surface area contributed by atoms with Gasteiger partial charge in [0.1, 0.15) is 5.69 Å². The van der Waals surface area contributed by atoms with E-state index in [2.05, 4.69) is 10.3 Å². The standard InChI is InChI=1S/C11H17N3O2/c1-14(2)11(16)10-8-9(4-6-13-10)12-5-3-7-15/h4,6,8,15H,3,5,7H2,1-2H3,(H,12,13). The first-order valence-corrected chi connectivity index (χ1v) is 5.17. The van der Waals surface area contributed by atoms with E-state index in [4.69, 9.17) is 5.11 Å². The average Bonchev–Trinajstić information content (AvgIpc) is 2.29. The molecule has 5 heteroatoms. The number of hydrogen-bond acceptors (Lipinski definition) is 4. The smallest absolute Gasteiger partial charge is 0.272 e. The van der Waals surface area contributed by atoms with Crippen molar-refractivity contribution in [3.05, 3.63) is 24.0 Å². The largest absolute Gasteiger partial charge is 0.396 e. The van der Waals surface area contributed by atoms with Crippen LogP contribution in [0.4, 0.5) is 5.69 Å². The van der Waals surface area contributed by atoms with Crippen LogP contribution in [0.3, 0.4) is 0 Å². The minimum Gasteiger partial charge on any atom is -0.396 e. The van der Waals surface area contributed by atoms with Gasteiger partial charge in [0.15, 0.2) is 0 Å². The first-order chi connectivity index (χ1) is 7.65. The highest BCUT2D eigenvalue weighted by molar-refractivity contribution is 5.92. The lowest BCUT2D eigenvalue weighted by atomic mass is 10.3. The van der Waals surface area contributed by atoms with E-state index in [0.29, 0.717) is 18.7 Å². The summed E-state index contributed by atoms with van der Waals surface area (Å²) in [7, 11) is 3.38. The van der Waals surface area contributed by atoms with Crippen LogP contribution in [0.1, 0.15) is 16.9 Å². The Balaban J connectivity index is 2.67. The summed E-state index contributed by atoms with van der Waals surface area (Å²) in [5.41, 5.74) is 1.26. The first-order valence-electron chi connectivity index (χ1n) is 5.17. The van der Waals surface area contributed by atoms with Gasteiger partial charge in [-0.3, -0.25) is 9.78 Å². The van der Waals surface area contributed by atoms with Gasteiger partial charge in [-0.2, -0.15) is 0 Å². The van der Waals surface area contributed by atoms with Crippen LogP contribution in [0.25, 0.3) is 0 Å². The van der Waals surface area contributed by atoms with Crippen LogP contribution in [0.15, 0.2) is 18.3 Å². The molecule has 1 aromatic heterocycles. The molecule has 0 atom stereocenters. The van der Waals surface area contributed by atoms with Crippen molar-refractivity contribution in [2.45, 2.75) is 6.42 Å². The molecule has 0 aliphatic heterocycles. The number of aliphatic hydroxyl groups excluding tert-OH is 1. The Hall–Kier alpha value is -1.62. The predicted octanol–water partition coefficient (Wildman–Crippen LogP) is 0.578. The normalized spacial score (nSPS) is 9.94. The highest BCUT2D eigenvalue weighted by Crippen LogP contribution is 2.09. The fourth-order valence-electron chi connectivity index (χ4n) is 1.20. The van der Waals surface area contributed by atoms with Crippen molar-refractivity contribution in [3.8, 4) is 0 Å². The molecule has 16 heavy (non-hydrogen) atoms. The number of hydrogen-bond donors (Lipinski definition) is 2. The molecule has 0 spiro atoms. The van der Waals surface area contributed by atoms with Crippen LogP contribution in [0.2, 0.25) is 0 Å². The van der Waals surface area contributed by atoms with E-state index in [1.165, 1.54) is 4.90 Å². The molecule has 0 unspecified atom stereocenters. The van der Waals surface area contributed by atoms with Gasteiger partial charge in [-0.15, -0.1) is 0 Å². The predicted molar refractivity (Wildman–Crippen MR) is 62.4 cm³/mol. The zero-order valence-electron chi connectivity index (χ0n) is 9.60. The molecule has 0 fully saturated rings. The van der Waals surface area contributed by atoms with Gasteiger partial charge in [0.2, 0.25) is 0 Å². The molecule has 1 rings (SSSR count). The minimum atomic E-state index is -0.120. The molecular weight excluding hydrogens is 206 g/mol. The molecular formula is C11H17N3O2. The Morgan fingerprint density at radius 1 is 1.56 bits per heavy atom. The third-order valence-electron chi connectivity index (χ3n) is 2.05. The van der Waals surface area contributed by atoms with Gasteiger partial charge in [-0.05, 0) is 18.6 Å². The van der Waals surface area contributed by atoms with E-state index in [1.54, 1.807) is 32.4 Å². The van der Waals surface area contributed by atoms with E-state index in [0.717, 1.165) is 5.69 Å². The number of aliphatic hydroxyl groups is 1. The lowest BCUT2D eigenvalue weighted by molar-refractivity contribution is 0.0822. The summed E-state index contributed by atoms with van der Waals surface area (Å²) in [5, 5.41) is 11.8. The monoisotopic (exact) mass is 223 g/mol. The fourth-order valence-corrected chi connectivity index (χ4v) is 1.20. The van der Waals surface area contributed by atoms with Gasteiger partial charge in [0.05, 0.1) is 0 Å². The van der Waals surface area contributed by atoms with Crippen LogP contribution in [-0.2, 0) is 0 Å². The number of rotatable bonds is 5. The van der Waals surface area contributed by atoms with Crippen LogP contribution in [0.5, 0.6) is 0 Å². The van der Waals surface area contributed by atoms with Crippen molar-refractivity contribution in [1.82, 2.24) is 9.88 Å². The third kappa shape index (κ3) is 3.51. The minimum absolute atomic E-state index is 0.120. The highest BCUT2D eigenvalue weighted by atomic mass is 16.3. The zero-order chi connectivity index (χ0) is 12.0. The molecule has 2 N–H and O–H groups in total. The molecule has 0 aromatic carbocycles. The van der Waals surface area contributed by atoms with Crippen molar-refractivity contribution < 1.29 is 9.90 Å². The van der Waals surface area contributed by atoms with Crippen molar-refractivity contribution in [2.24, 2.45) is 0 Å². The van der Waals surface area contributed by atoms with Gasteiger partial charge in [0.25, 0.3) is 5.91 Å². The second-order valence-electron chi connectivity index (χ2n) is 3.63. The van der Waals surface area contributed by atoms with Gasteiger partial charge in [-0.1, -0.05) is 0 Å². The van der Waals surface area contributed by atoms with E-state index in [9.17, 15) is 4.79 Å². The van der Waals surface area contributed by atoms with Gasteiger partial charge in [-0.25, -0.2) is 0 Å². The van der Waals surface area contributed by atoms with Gasteiger partial charge in [0, 0.05) is 39.1 Å². The Labute approximate surface area is 95.1 Å². The van der Waals surface area contributed by atoms with Crippen LogP contribution >= 0.6 is 0 Å². The third-order valence-corrected chi connectivity index (χ3v) is 2.05. The number of pyridine rings is 1. The number of amides is 1. The topological polar surface area (TPSA) is 65.5 Å². The number of anilines is 1. The maximum Gasteiger partial charge on any atom is 0.272 e. The molecule has 88 valence electrons. The van der Waals surface area contributed by atoms with E-state index in [-0.39, 0.29) is 12.5 Å². The number of nitrogens with zero attached hydrogens (tertiary/aromatic N) is 2. The summed E-state index contributed by atoms with van der Waals surface area (Å²) in [5.74, 6) is -0.120. The van der Waals surface area contributed by atoms with Crippen molar-refractivity contribution in [1.29, 1.82) is 0 Å². The summed E-state index contributed by atoms with van der Waals surface area (Å²) in [4.78, 5) is 17.1. The number of aromatic nitrogens is 1. The molecule has 0 saturated heterocycles. The highest BCUT2D eigenvalue weighted by Gasteiger charge is 2.09. The number of nitrogens with one attached hydrogen (secondary N) is 1. The van der Waals surface area contributed by atoms with Crippen LogP contribution in [0, 0.1) is 0 Å². The molecule has 5 nitrogen and oxygen atoms in total. The summed E-state index contributed by atoms with van der Waals surface area (Å²) < 4.78 is 0. The van der Waals surface area contributed by atoms with Crippen LogP contribution in [-0.4, -0.2) is 48.1 Å². The maximum atomic E-state index is 11.6. The zero-order valence-corrected chi connectivity index (χ0v) is 9.60. The Bertz CT molecular complexity index is 353. The number of carbonyl (C=O) groups excluding carboxylic acids is 1. The molecule has 0 radical (unpaired) electrons. The van der Waals surface area contributed by atoms with E-state index in [1.807, 2.05) is 0 Å². The molecule has 1 heterocycles. The summed E-state index contributed by atoms with van der Waals surface area (Å²) >= 11 is 0. The fraction of sp³-hybridized carbons (Fsp3) is 0.455. The Morgan fingerprint density at radius 3 is 2.94 bits per heavy atom. The molecule has 0 aliphatic rings. The molecule has 0 saturated carbocycles. The maximum absolute atomic E-state index is 11.6. The van der Waals surface area contributed by atoms with Crippen molar-refractivity contribution in [2.75, 3.05) is 32.6 Å². The summed E-state index contributed by atoms with van der Waals surface area (Å²) in [6.07, 6.45) is 2.28. The molecule has 0 bridgehead atoms. The Kier molecular flexibility index (Phi) is 4.72. The molecule has 0 aliphatic carbocycles. The molecule has 1 amide bonds. The van der Waals surface area contributed by atoms with Crippen LogP contribution < -0.4 is 5.32 Å². The quantitative estimate of drug-likeness (QED) is 0.717. The molecule has 1 aromatic rings. The number of carbonyl (C=O) groups is 1. The SMILES string of the molecule is CN(C)C(=O)c1cc(NCCCO)ccn1. The van der Waals surface area contributed by atoms with E-state index >= 15 is 0 Å². The summed E-state index contributed by atoms with van der Waals surface area (Å²) in [6, 6.07) is 3.50.